The number of amides is 1. The number of halogens is 2. The van der Waals surface area contributed by atoms with E-state index in [0.717, 1.165) is 43.9 Å². The summed E-state index contributed by atoms with van der Waals surface area (Å²) >= 11 is 12.2. The van der Waals surface area contributed by atoms with Gasteiger partial charge in [0, 0.05) is 50.4 Å². The summed E-state index contributed by atoms with van der Waals surface area (Å²) in [5.41, 5.74) is 3.06. The average molecular weight is 462 g/mol. The molecule has 0 aliphatic carbocycles. The average Bonchev–Trinajstić information content (AvgIpc) is 2.72. The molecule has 1 aliphatic rings. The molecule has 0 bridgehead atoms. The van der Waals surface area contributed by atoms with Crippen LogP contribution in [0.25, 0.3) is 0 Å². The molecule has 0 radical (unpaired) electrons. The third-order valence-corrected chi connectivity index (χ3v) is 6.85. The first-order valence-corrected chi connectivity index (χ1v) is 11.8. The highest BCUT2D eigenvalue weighted by molar-refractivity contribution is 6.42. The molecule has 2 atom stereocenters. The highest BCUT2D eigenvalue weighted by Gasteiger charge is 2.27. The number of nitrogens with zero attached hydrogens (tertiary/aromatic N) is 2. The fourth-order valence-electron chi connectivity index (χ4n) is 4.00. The standard InChI is InChI=1S/C25H33Cl2N3O/c1-17(2)24(28-25(31)21-8-5-18(3)6-9-21)16-29-11-12-30(19(4)14-29)15-20-7-10-22(26)23(27)13-20/h5-10,13,17,19,24H,11-12,14-16H2,1-4H3,(H,28,31)/t19?,24-/m0/s1. The Morgan fingerprint density at radius 2 is 1.81 bits per heavy atom. The largest absolute Gasteiger partial charge is 0.348 e. The highest BCUT2D eigenvalue weighted by Crippen LogP contribution is 2.24. The van der Waals surface area contributed by atoms with Crippen molar-refractivity contribution in [1.29, 1.82) is 0 Å². The zero-order valence-electron chi connectivity index (χ0n) is 18.9. The molecule has 0 aromatic heterocycles. The van der Waals surface area contributed by atoms with E-state index < -0.39 is 0 Å². The lowest BCUT2D eigenvalue weighted by Crippen LogP contribution is -2.55. The molecule has 31 heavy (non-hydrogen) atoms. The van der Waals surface area contributed by atoms with Gasteiger partial charge in [-0.1, -0.05) is 60.8 Å². The molecular formula is C25H33Cl2N3O. The summed E-state index contributed by atoms with van der Waals surface area (Å²) in [7, 11) is 0. The monoisotopic (exact) mass is 461 g/mol. The molecule has 1 unspecified atom stereocenters. The van der Waals surface area contributed by atoms with Crippen LogP contribution in [0.3, 0.4) is 0 Å². The van der Waals surface area contributed by atoms with Crippen LogP contribution in [0.4, 0.5) is 0 Å². The Labute approximate surface area is 196 Å². The van der Waals surface area contributed by atoms with Crippen LogP contribution in [0.15, 0.2) is 42.5 Å². The zero-order valence-corrected chi connectivity index (χ0v) is 20.4. The molecule has 2 aromatic carbocycles. The Hall–Kier alpha value is -1.59. The Kier molecular flexibility index (Phi) is 8.40. The van der Waals surface area contributed by atoms with E-state index in [4.69, 9.17) is 23.2 Å². The van der Waals surface area contributed by atoms with Crippen LogP contribution >= 0.6 is 23.2 Å². The number of carbonyl (C=O) groups is 1. The first kappa shape index (κ1) is 24.1. The summed E-state index contributed by atoms with van der Waals surface area (Å²) < 4.78 is 0. The number of hydrogen-bond donors (Lipinski definition) is 1. The van der Waals surface area contributed by atoms with Crippen LogP contribution in [0.2, 0.25) is 10.0 Å². The number of rotatable bonds is 7. The van der Waals surface area contributed by atoms with Gasteiger partial charge < -0.3 is 5.32 Å². The number of carbonyl (C=O) groups excluding carboxylic acids is 1. The van der Waals surface area contributed by atoms with Gasteiger partial charge in [-0.2, -0.15) is 0 Å². The van der Waals surface area contributed by atoms with Gasteiger partial charge in [-0.25, -0.2) is 0 Å². The molecule has 1 N–H and O–H groups in total. The molecule has 1 heterocycles. The van der Waals surface area contributed by atoms with E-state index in [1.807, 2.05) is 49.4 Å². The molecule has 3 rings (SSSR count). The smallest absolute Gasteiger partial charge is 0.251 e. The quantitative estimate of drug-likeness (QED) is 0.610. The molecule has 0 spiro atoms. The van der Waals surface area contributed by atoms with Gasteiger partial charge in [0.1, 0.15) is 0 Å². The first-order chi connectivity index (χ1) is 14.7. The van der Waals surface area contributed by atoms with Gasteiger partial charge in [-0.05, 0) is 49.6 Å². The second kappa shape index (κ2) is 10.8. The highest BCUT2D eigenvalue weighted by atomic mass is 35.5. The summed E-state index contributed by atoms with van der Waals surface area (Å²) in [6.07, 6.45) is 0. The fourth-order valence-corrected chi connectivity index (χ4v) is 4.32. The van der Waals surface area contributed by atoms with E-state index in [9.17, 15) is 4.79 Å². The molecule has 1 amide bonds. The number of hydrogen-bond acceptors (Lipinski definition) is 3. The number of nitrogens with one attached hydrogen (secondary N) is 1. The maximum atomic E-state index is 12.7. The second-order valence-electron chi connectivity index (χ2n) is 9.02. The molecule has 6 heteroatoms. The maximum absolute atomic E-state index is 12.7. The minimum Gasteiger partial charge on any atom is -0.348 e. The molecule has 1 aliphatic heterocycles. The van der Waals surface area contributed by atoms with Gasteiger partial charge in [0.25, 0.3) is 5.91 Å². The van der Waals surface area contributed by atoms with E-state index in [0.29, 0.717) is 22.0 Å². The Balaban J connectivity index is 1.55. The molecule has 1 saturated heterocycles. The maximum Gasteiger partial charge on any atom is 0.251 e. The Bertz CT molecular complexity index is 885. The lowest BCUT2D eigenvalue weighted by Gasteiger charge is -2.41. The SMILES string of the molecule is Cc1ccc(C(=O)N[C@@H](CN2CCN(Cc3ccc(Cl)c(Cl)c3)C(C)C2)C(C)C)cc1. The Morgan fingerprint density at radius 1 is 1.10 bits per heavy atom. The van der Waals surface area contributed by atoms with Crippen molar-refractivity contribution in [3.05, 3.63) is 69.2 Å². The van der Waals surface area contributed by atoms with Crippen LogP contribution in [-0.4, -0.2) is 54.0 Å². The summed E-state index contributed by atoms with van der Waals surface area (Å²) in [4.78, 5) is 17.7. The van der Waals surface area contributed by atoms with Crippen LogP contribution in [0.1, 0.15) is 42.3 Å². The summed E-state index contributed by atoms with van der Waals surface area (Å²) in [6.45, 7) is 13.3. The van der Waals surface area contributed by atoms with Crippen molar-refractivity contribution >= 4 is 29.1 Å². The number of benzene rings is 2. The van der Waals surface area contributed by atoms with E-state index >= 15 is 0 Å². The van der Waals surface area contributed by atoms with Crippen molar-refractivity contribution in [2.24, 2.45) is 5.92 Å². The van der Waals surface area contributed by atoms with Gasteiger partial charge in [0.2, 0.25) is 0 Å². The van der Waals surface area contributed by atoms with Crippen molar-refractivity contribution in [3.8, 4) is 0 Å². The van der Waals surface area contributed by atoms with Crippen molar-refractivity contribution < 1.29 is 4.79 Å². The van der Waals surface area contributed by atoms with Crippen molar-refractivity contribution in [2.45, 2.75) is 46.3 Å². The fraction of sp³-hybridized carbons (Fsp3) is 0.480. The lowest BCUT2D eigenvalue weighted by atomic mass is 10.0. The molecule has 4 nitrogen and oxygen atoms in total. The van der Waals surface area contributed by atoms with E-state index in [1.165, 1.54) is 5.56 Å². The normalized spacial score (nSPS) is 18.9. The van der Waals surface area contributed by atoms with Crippen molar-refractivity contribution in [2.75, 3.05) is 26.2 Å². The van der Waals surface area contributed by atoms with Crippen molar-refractivity contribution in [3.63, 3.8) is 0 Å². The topological polar surface area (TPSA) is 35.6 Å². The molecular weight excluding hydrogens is 429 g/mol. The third kappa shape index (κ3) is 6.69. The van der Waals surface area contributed by atoms with Gasteiger partial charge in [0.05, 0.1) is 10.0 Å². The van der Waals surface area contributed by atoms with Crippen LogP contribution < -0.4 is 5.32 Å². The van der Waals surface area contributed by atoms with Crippen LogP contribution in [0, 0.1) is 12.8 Å². The van der Waals surface area contributed by atoms with E-state index in [1.54, 1.807) is 0 Å². The summed E-state index contributed by atoms with van der Waals surface area (Å²) in [5, 5.41) is 4.45. The number of piperazine rings is 1. The zero-order chi connectivity index (χ0) is 22.5. The van der Waals surface area contributed by atoms with Crippen LogP contribution in [-0.2, 0) is 6.54 Å². The predicted octanol–water partition coefficient (Wildman–Crippen LogP) is 5.26. The van der Waals surface area contributed by atoms with Gasteiger partial charge >= 0.3 is 0 Å². The summed E-state index contributed by atoms with van der Waals surface area (Å²) in [5.74, 6) is 0.365. The molecule has 1 fully saturated rings. The second-order valence-corrected chi connectivity index (χ2v) is 9.83. The van der Waals surface area contributed by atoms with Crippen LogP contribution in [0.5, 0.6) is 0 Å². The number of aryl methyl sites for hydroxylation is 1. The lowest BCUT2D eigenvalue weighted by molar-refractivity contribution is 0.0647. The Morgan fingerprint density at radius 3 is 2.42 bits per heavy atom. The van der Waals surface area contributed by atoms with Gasteiger partial charge in [0.15, 0.2) is 0 Å². The molecule has 168 valence electrons. The molecule has 0 saturated carbocycles. The first-order valence-electron chi connectivity index (χ1n) is 11.0. The summed E-state index contributed by atoms with van der Waals surface area (Å²) in [6, 6.07) is 14.1. The molecule has 2 aromatic rings. The van der Waals surface area contributed by atoms with E-state index in [2.05, 4.69) is 35.9 Å². The van der Waals surface area contributed by atoms with E-state index in [-0.39, 0.29) is 11.9 Å². The third-order valence-electron chi connectivity index (χ3n) is 6.11. The van der Waals surface area contributed by atoms with Gasteiger partial charge in [-0.15, -0.1) is 0 Å². The minimum absolute atomic E-state index is 0.00463. The minimum atomic E-state index is 0.00463. The predicted molar refractivity (Wildman–Crippen MR) is 130 cm³/mol. The van der Waals surface area contributed by atoms with Gasteiger partial charge in [-0.3, -0.25) is 14.6 Å². The van der Waals surface area contributed by atoms with Crippen molar-refractivity contribution in [1.82, 2.24) is 15.1 Å².